The Bertz CT molecular complexity index is 929. The summed E-state index contributed by atoms with van der Waals surface area (Å²) in [7, 11) is 0. The molecule has 0 saturated carbocycles. The zero-order valence-electron chi connectivity index (χ0n) is 15.4. The predicted octanol–water partition coefficient (Wildman–Crippen LogP) is 5.99. The van der Waals surface area contributed by atoms with Crippen LogP contribution in [-0.4, -0.2) is 22.7 Å². The van der Waals surface area contributed by atoms with Crippen LogP contribution in [-0.2, 0) is 0 Å². The second-order valence-electron chi connectivity index (χ2n) is 6.63. The third kappa shape index (κ3) is 3.81. The van der Waals surface area contributed by atoms with Crippen molar-refractivity contribution >= 4 is 23.3 Å². The Morgan fingerprint density at radius 3 is 2.39 bits per heavy atom. The summed E-state index contributed by atoms with van der Waals surface area (Å²) >= 11 is 0.0480. The number of alkyl halides is 3. The highest BCUT2D eigenvalue weighted by atomic mass is 32.2. The van der Waals surface area contributed by atoms with Crippen LogP contribution in [0.3, 0.4) is 0 Å². The van der Waals surface area contributed by atoms with E-state index in [-0.39, 0.29) is 52.4 Å². The molecule has 0 saturated heterocycles. The fourth-order valence-corrected chi connectivity index (χ4v) is 3.97. The van der Waals surface area contributed by atoms with Crippen molar-refractivity contribution in [3.05, 3.63) is 59.2 Å². The monoisotopic (exact) mass is 408 g/mol. The largest absolute Gasteiger partial charge is 0.450 e. The lowest BCUT2D eigenvalue weighted by atomic mass is 9.99. The van der Waals surface area contributed by atoms with Crippen molar-refractivity contribution in [1.29, 1.82) is 0 Å². The second kappa shape index (κ2) is 7.62. The summed E-state index contributed by atoms with van der Waals surface area (Å²) in [5.41, 5.74) is 1.57. The maximum absolute atomic E-state index is 14.3. The van der Waals surface area contributed by atoms with E-state index in [1.165, 1.54) is 25.1 Å². The van der Waals surface area contributed by atoms with E-state index in [2.05, 4.69) is 0 Å². The molecule has 0 aromatic heterocycles. The van der Waals surface area contributed by atoms with E-state index in [4.69, 9.17) is 4.74 Å². The number of hydrogen-bond donors (Lipinski definition) is 0. The Morgan fingerprint density at radius 2 is 1.71 bits per heavy atom. The lowest BCUT2D eigenvalue weighted by Gasteiger charge is -2.37. The molecule has 7 heteroatoms. The van der Waals surface area contributed by atoms with Crippen molar-refractivity contribution in [2.45, 2.75) is 49.1 Å². The van der Waals surface area contributed by atoms with Crippen molar-refractivity contribution in [3.63, 3.8) is 0 Å². The van der Waals surface area contributed by atoms with Gasteiger partial charge in [-0.1, -0.05) is 31.2 Å². The van der Waals surface area contributed by atoms with Gasteiger partial charge in [-0.3, -0.25) is 9.59 Å². The maximum Gasteiger partial charge on any atom is 0.366 e. The quantitative estimate of drug-likeness (QED) is 0.551. The van der Waals surface area contributed by atoms with Crippen LogP contribution in [0.5, 0.6) is 5.75 Å². The SMILES string of the molecule is CCC1(F)Oc2ccc(C(=O)CCC(=O)c3ccccc3C)cc2SC1(F)F. The molecule has 2 aromatic carbocycles. The fourth-order valence-electron chi connectivity index (χ4n) is 2.96. The Kier molecular flexibility index (Phi) is 5.57. The third-order valence-electron chi connectivity index (χ3n) is 4.69. The molecule has 1 aliphatic rings. The molecular weight excluding hydrogens is 389 g/mol. The van der Waals surface area contributed by atoms with Gasteiger partial charge in [-0.05, 0) is 42.4 Å². The van der Waals surface area contributed by atoms with Gasteiger partial charge in [0.15, 0.2) is 11.6 Å². The number of halogens is 3. The van der Waals surface area contributed by atoms with E-state index in [1.54, 1.807) is 12.1 Å². The van der Waals surface area contributed by atoms with Crippen molar-refractivity contribution in [2.75, 3.05) is 0 Å². The number of benzene rings is 2. The van der Waals surface area contributed by atoms with Crippen LogP contribution in [0.2, 0.25) is 0 Å². The smallest absolute Gasteiger partial charge is 0.366 e. The standard InChI is InChI=1S/C21H19F3O3S/c1-3-20(22)21(23,24)28-19-12-14(8-11-18(19)27-20)16(25)9-10-17(26)15-7-5-4-6-13(15)2/h4-8,11-12H,3,9-10H2,1-2H3. The van der Waals surface area contributed by atoms with Crippen molar-refractivity contribution in [2.24, 2.45) is 0 Å². The van der Waals surface area contributed by atoms with Crippen molar-refractivity contribution in [3.8, 4) is 5.75 Å². The van der Waals surface area contributed by atoms with Crippen molar-refractivity contribution < 1.29 is 27.5 Å². The molecule has 148 valence electrons. The van der Waals surface area contributed by atoms with Crippen LogP contribution in [0.4, 0.5) is 13.2 Å². The van der Waals surface area contributed by atoms with Gasteiger partial charge in [0, 0.05) is 30.4 Å². The number of carbonyl (C=O) groups is 2. The minimum Gasteiger partial charge on any atom is -0.450 e. The molecule has 1 unspecified atom stereocenters. The second-order valence-corrected chi connectivity index (χ2v) is 7.78. The number of aryl methyl sites for hydroxylation is 1. The minimum atomic E-state index is -3.77. The highest BCUT2D eigenvalue weighted by Crippen LogP contribution is 2.55. The zero-order chi connectivity index (χ0) is 20.5. The maximum atomic E-state index is 14.3. The van der Waals surface area contributed by atoms with Crippen LogP contribution in [0.25, 0.3) is 0 Å². The molecule has 3 rings (SSSR count). The first-order chi connectivity index (χ1) is 13.2. The number of Topliss-reactive ketones (excluding diaryl/α,β-unsaturated/α-hetero) is 2. The third-order valence-corrected chi connectivity index (χ3v) is 5.79. The topological polar surface area (TPSA) is 43.4 Å². The zero-order valence-corrected chi connectivity index (χ0v) is 16.2. The Labute approximate surface area is 165 Å². The molecule has 0 N–H and O–H groups in total. The van der Waals surface area contributed by atoms with Crippen molar-refractivity contribution in [1.82, 2.24) is 0 Å². The molecule has 0 fully saturated rings. The first kappa shape index (κ1) is 20.5. The van der Waals surface area contributed by atoms with Gasteiger partial charge >= 0.3 is 11.1 Å². The molecule has 3 nitrogen and oxygen atoms in total. The molecule has 1 aliphatic heterocycles. The van der Waals surface area contributed by atoms with Gasteiger partial charge < -0.3 is 4.74 Å². The lowest BCUT2D eigenvalue weighted by Crippen LogP contribution is -2.48. The molecule has 28 heavy (non-hydrogen) atoms. The van der Waals surface area contributed by atoms with Gasteiger partial charge in [0.1, 0.15) is 5.75 Å². The number of carbonyl (C=O) groups excluding carboxylic acids is 2. The predicted molar refractivity (Wildman–Crippen MR) is 101 cm³/mol. The first-order valence-electron chi connectivity index (χ1n) is 8.87. The van der Waals surface area contributed by atoms with E-state index < -0.39 is 17.5 Å². The number of ketones is 2. The molecule has 0 bridgehead atoms. The Balaban J connectivity index is 1.73. The van der Waals surface area contributed by atoms with E-state index >= 15 is 0 Å². The van der Waals surface area contributed by atoms with E-state index in [0.717, 1.165) is 5.56 Å². The number of fused-ring (bicyclic) bond motifs is 1. The summed E-state index contributed by atoms with van der Waals surface area (Å²) in [6, 6.07) is 11.1. The highest BCUT2D eigenvalue weighted by molar-refractivity contribution is 8.00. The number of rotatable bonds is 6. The normalized spacial score (nSPS) is 20.2. The molecule has 0 aliphatic carbocycles. The van der Waals surface area contributed by atoms with Gasteiger partial charge in [0.2, 0.25) is 0 Å². The lowest BCUT2D eigenvalue weighted by molar-refractivity contribution is -0.193. The average Bonchev–Trinajstić information content (AvgIpc) is 2.66. The molecular formula is C21H19F3O3S. The summed E-state index contributed by atoms with van der Waals surface area (Å²) in [4.78, 5) is 24.7. The molecule has 0 radical (unpaired) electrons. The first-order valence-corrected chi connectivity index (χ1v) is 9.69. The van der Waals surface area contributed by atoms with Crippen LogP contribution in [0, 0.1) is 6.92 Å². The highest BCUT2D eigenvalue weighted by Gasteiger charge is 2.60. The fraction of sp³-hybridized carbons (Fsp3) is 0.333. The average molecular weight is 408 g/mol. The number of ether oxygens (including phenoxy) is 1. The molecule has 1 heterocycles. The van der Waals surface area contributed by atoms with E-state index in [1.807, 2.05) is 19.1 Å². The Morgan fingerprint density at radius 1 is 1.04 bits per heavy atom. The molecule has 0 amide bonds. The van der Waals surface area contributed by atoms with Gasteiger partial charge in [0.05, 0.1) is 4.90 Å². The van der Waals surface area contributed by atoms with Crippen LogP contribution < -0.4 is 4.74 Å². The number of hydrogen-bond acceptors (Lipinski definition) is 4. The van der Waals surface area contributed by atoms with Gasteiger partial charge in [0.25, 0.3) is 0 Å². The summed E-state index contributed by atoms with van der Waals surface area (Å²) < 4.78 is 47.4. The van der Waals surface area contributed by atoms with Gasteiger partial charge in [-0.25, -0.2) is 0 Å². The van der Waals surface area contributed by atoms with E-state index in [0.29, 0.717) is 5.56 Å². The number of thioether (sulfide) groups is 1. The summed E-state index contributed by atoms with van der Waals surface area (Å²) in [5, 5.41) is -3.77. The molecule has 0 spiro atoms. The van der Waals surface area contributed by atoms with E-state index in [9.17, 15) is 22.8 Å². The molecule has 2 aromatic rings. The Hall–Kier alpha value is -2.28. The minimum absolute atomic E-state index is 0.00260. The summed E-state index contributed by atoms with van der Waals surface area (Å²) in [6.45, 7) is 3.10. The summed E-state index contributed by atoms with van der Waals surface area (Å²) in [6.07, 6.45) is -0.534. The van der Waals surface area contributed by atoms with Gasteiger partial charge in [-0.2, -0.15) is 13.2 Å². The van der Waals surface area contributed by atoms with Crippen LogP contribution >= 0.6 is 11.8 Å². The van der Waals surface area contributed by atoms with Crippen LogP contribution in [0.1, 0.15) is 52.5 Å². The van der Waals surface area contributed by atoms with Crippen LogP contribution in [0.15, 0.2) is 47.4 Å². The summed E-state index contributed by atoms with van der Waals surface area (Å²) in [5.74, 6) is -3.61. The van der Waals surface area contributed by atoms with Gasteiger partial charge in [-0.15, -0.1) is 0 Å². The molecule has 1 atom stereocenters.